The van der Waals surface area contributed by atoms with E-state index >= 15 is 0 Å². The highest BCUT2D eigenvalue weighted by atomic mass is 19.1. The summed E-state index contributed by atoms with van der Waals surface area (Å²) in [6, 6.07) is 8.48. The van der Waals surface area contributed by atoms with Crippen LogP contribution in [0.4, 0.5) is 16.0 Å². The van der Waals surface area contributed by atoms with Gasteiger partial charge in [-0.15, -0.1) is 0 Å². The number of benzene rings is 1. The fourth-order valence-electron chi connectivity index (χ4n) is 2.14. The van der Waals surface area contributed by atoms with Gasteiger partial charge in [-0.05, 0) is 45.1 Å². The van der Waals surface area contributed by atoms with Crippen LogP contribution in [0.3, 0.4) is 0 Å². The van der Waals surface area contributed by atoms with E-state index in [0.717, 1.165) is 49.1 Å². The molecule has 0 aliphatic rings. The molecule has 23 heavy (non-hydrogen) atoms. The summed E-state index contributed by atoms with van der Waals surface area (Å²) in [7, 11) is 4.07. The summed E-state index contributed by atoms with van der Waals surface area (Å²) >= 11 is 0. The molecule has 0 amide bonds. The Bertz CT molecular complexity index is 613. The maximum atomic E-state index is 12.9. The van der Waals surface area contributed by atoms with E-state index in [2.05, 4.69) is 25.5 Å². The Morgan fingerprint density at radius 1 is 1.00 bits per heavy atom. The first-order valence-corrected chi connectivity index (χ1v) is 7.75. The zero-order valence-corrected chi connectivity index (χ0v) is 13.9. The number of aryl methyl sites for hydroxylation is 1. The first-order valence-electron chi connectivity index (χ1n) is 7.75. The molecule has 1 heterocycles. The number of hydrogen-bond acceptors (Lipinski definition) is 5. The Kier molecular flexibility index (Phi) is 6.29. The molecule has 124 valence electrons. The lowest BCUT2D eigenvalue weighted by Gasteiger charge is -2.12. The normalized spacial score (nSPS) is 10.8. The van der Waals surface area contributed by atoms with Gasteiger partial charge in [0, 0.05) is 25.7 Å². The lowest BCUT2D eigenvalue weighted by molar-refractivity contribution is 0.425. The molecule has 0 spiro atoms. The maximum Gasteiger partial charge on any atom is 0.131 e. The molecule has 2 aromatic rings. The summed E-state index contributed by atoms with van der Waals surface area (Å²) in [5.74, 6) is 2.14. The molecule has 1 aromatic carbocycles. The third-order valence-corrected chi connectivity index (χ3v) is 3.34. The number of anilines is 2. The monoisotopic (exact) mass is 317 g/mol. The number of aromatic nitrogens is 2. The van der Waals surface area contributed by atoms with Gasteiger partial charge in [0.05, 0.1) is 0 Å². The quantitative estimate of drug-likeness (QED) is 0.784. The molecule has 0 atom stereocenters. The van der Waals surface area contributed by atoms with Crippen molar-refractivity contribution in [2.75, 3.05) is 44.4 Å². The van der Waals surface area contributed by atoms with Gasteiger partial charge in [0.25, 0.3) is 0 Å². The Labute approximate surface area is 137 Å². The van der Waals surface area contributed by atoms with Crippen molar-refractivity contribution in [3.63, 3.8) is 0 Å². The molecule has 0 saturated heterocycles. The summed E-state index contributed by atoms with van der Waals surface area (Å²) in [4.78, 5) is 10.9. The number of nitrogens with one attached hydrogen (secondary N) is 2. The third kappa shape index (κ3) is 6.20. The first kappa shape index (κ1) is 17.1. The minimum Gasteiger partial charge on any atom is -0.370 e. The number of hydrogen-bond donors (Lipinski definition) is 2. The number of rotatable bonds is 8. The Morgan fingerprint density at radius 3 is 2.22 bits per heavy atom. The van der Waals surface area contributed by atoms with Gasteiger partial charge < -0.3 is 15.5 Å². The summed E-state index contributed by atoms with van der Waals surface area (Å²) in [5, 5.41) is 6.59. The van der Waals surface area contributed by atoms with E-state index in [1.807, 2.05) is 27.1 Å². The van der Waals surface area contributed by atoms with Crippen molar-refractivity contribution in [1.29, 1.82) is 0 Å². The van der Waals surface area contributed by atoms with Gasteiger partial charge in [-0.2, -0.15) is 0 Å². The molecule has 2 N–H and O–H groups in total. The predicted molar refractivity (Wildman–Crippen MR) is 92.4 cm³/mol. The summed E-state index contributed by atoms with van der Waals surface area (Å²) in [6.45, 7) is 4.39. The number of nitrogens with zero attached hydrogens (tertiary/aromatic N) is 3. The molecule has 6 heteroatoms. The first-order chi connectivity index (χ1) is 11.0. The topological polar surface area (TPSA) is 53.1 Å². The van der Waals surface area contributed by atoms with Crippen molar-refractivity contribution in [2.45, 2.75) is 13.3 Å². The largest absolute Gasteiger partial charge is 0.370 e. The molecule has 1 aromatic heterocycles. The molecular weight excluding hydrogens is 293 g/mol. The van der Waals surface area contributed by atoms with Crippen LogP contribution in [0.2, 0.25) is 0 Å². The van der Waals surface area contributed by atoms with E-state index in [0.29, 0.717) is 0 Å². The smallest absolute Gasteiger partial charge is 0.131 e. The summed E-state index contributed by atoms with van der Waals surface area (Å²) < 4.78 is 12.9. The van der Waals surface area contributed by atoms with E-state index in [1.165, 1.54) is 12.1 Å². The van der Waals surface area contributed by atoms with E-state index in [4.69, 9.17) is 0 Å². The van der Waals surface area contributed by atoms with Crippen LogP contribution in [-0.4, -0.2) is 48.6 Å². The molecule has 0 saturated carbocycles. The Morgan fingerprint density at radius 2 is 1.61 bits per heavy atom. The van der Waals surface area contributed by atoms with Crippen molar-refractivity contribution >= 4 is 11.6 Å². The SMILES string of the molecule is Cc1nc(NCCc2ccc(F)cc2)cc(NCCN(C)C)n1. The van der Waals surface area contributed by atoms with E-state index in [-0.39, 0.29) is 5.82 Å². The van der Waals surface area contributed by atoms with Gasteiger partial charge >= 0.3 is 0 Å². The molecule has 0 radical (unpaired) electrons. The van der Waals surface area contributed by atoms with Crippen molar-refractivity contribution in [1.82, 2.24) is 14.9 Å². The van der Waals surface area contributed by atoms with E-state index < -0.39 is 0 Å². The average molecular weight is 317 g/mol. The van der Waals surface area contributed by atoms with Crippen LogP contribution in [-0.2, 0) is 6.42 Å². The highest BCUT2D eigenvalue weighted by Gasteiger charge is 2.02. The van der Waals surface area contributed by atoms with Crippen LogP contribution in [0, 0.1) is 12.7 Å². The second-order valence-corrected chi connectivity index (χ2v) is 5.72. The number of halogens is 1. The van der Waals surface area contributed by atoms with Gasteiger partial charge in [0.1, 0.15) is 23.3 Å². The minimum absolute atomic E-state index is 0.207. The lowest BCUT2D eigenvalue weighted by Crippen LogP contribution is -2.21. The molecule has 0 bridgehead atoms. The average Bonchev–Trinajstić information content (AvgIpc) is 2.48. The summed E-state index contributed by atoms with van der Waals surface area (Å²) in [6.07, 6.45) is 0.812. The Balaban J connectivity index is 1.86. The van der Waals surface area contributed by atoms with Crippen molar-refractivity contribution < 1.29 is 4.39 Å². The van der Waals surface area contributed by atoms with Crippen LogP contribution < -0.4 is 10.6 Å². The fraction of sp³-hybridized carbons (Fsp3) is 0.412. The highest BCUT2D eigenvalue weighted by Crippen LogP contribution is 2.11. The van der Waals surface area contributed by atoms with E-state index in [1.54, 1.807) is 12.1 Å². The molecule has 5 nitrogen and oxygen atoms in total. The second-order valence-electron chi connectivity index (χ2n) is 5.72. The predicted octanol–water partition coefficient (Wildman–Crippen LogP) is 2.55. The van der Waals surface area contributed by atoms with Crippen LogP contribution in [0.25, 0.3) is 0 Å². The molecule has 0 fully saturated rings. The van der Waals surface area contributed by atoms with Crippen LogP contribution in [0.5, 0.6) is 0 Å². The zero-order valence-electron chi connectivity index (χ0n) is 13.9. The third-order valence-electron chi connectivity index (χ3n) is 3.34. The standard InChI is InChI=1S/C17H24FN5/c1-13-21-16(12-17(22-13)20-10-11-23(2)3)19-9-8-14-4-6-15(18)7-5-14/h4-7,12H,8-11H2,1-3H3,(H2,19,20,21,22). The van der Waals surface area contributed by atoms with Gasteiger partial charge in [-0.25, -0.2) is 14.4 Å². The van der Waals surface area contributed by atoms with Gasteiger partial charge in [-0.1, -0.05) is 12.1 Å². The Hall–Kier alpha value is -2.21. The van der Waals surface area contributed by atoms with Crippen molar-refractivity contribution in [3.05, 3.63) is 47.5 Å². The van der Waals surface area contributed by atoms with Crippen LogP contribution >= 0.6 is 0 Å². The van der Waals surface area contributed by atoms with Gasteiger partial charge in [0.15, 0.2) is 0 Å². The molecule has 0 aliphatic heterocycles. The number of likely N-dealkylation sites (N-methyl/N-ethyl adjacent to an activating group) is 1. The van der Waals surface area contributed by atoms with Crippen molar-refractivity contribution in [3.8, 4) is 0 Å². The van der Waals surface area contributed by atoms with Crippen molar-refractivity contribution in [2.24, 2.45) is 0 Å². The van der Waals surface area contributed by atoms with Crippen LogP contribution in [0.1, 0.15) is 11.4 Å². The fourth-order valence-corrected chi connectivity index (χ4v) is 2.14. The minimum atomic E-state index is -0.207. The second kappa shape index (κ2) is 8.43. The molecule has 0 unspecified atom stereocenters. The molecular formula is C17H24FN5. The van der Waals surface area contributed by atoms with E-state index in [9.17, 15) is 4.39 Å². The molecule has 2 rings (SSSR count). The van der Waals surface area contributed by atoms with Gasteiger partial charge in [0.2, 0.25) is 0 Å². The summed E-state index contributed by atoms with van der Waals surface area (Å²) in [5.41, 5.74) is 1.09. The van der Waals surface area contributed by atoms with Gasteiger partial charge in [-0.3, -0.25) is 0 Å². The molecule has 0 aliphatic carbocycles. The highest BCUT2D eigenvalue weighted by molar-refractivity contribution is 5.47. The lowest BCUT2D eigenvalue weighted by atomic mass is 10.1. The zero-order chi connectivity index (χ0) is 16.7. The maximum absolute atomic E-state index is 12.9. The van der Waals surface area contributed by atoms with Crippen LogP contribution in [0.15, 0.2) is 30.3 Å².